The van der Waals surface area contributed by atoms with Crippen LogP contribution in [0.15, 0.2) is 71.7 Å². The van der Waals surface area contributed by atoms with E-state index >= 15 is 0 Å². The van der Waals surface area contributed by atoms with Gasteiger partial charge in [0.25, 0.3) is 0 Å². The number of hydrogen-bond acceptors (Lipinski definition) is 3. The van der Waals surface area contributed by atoms with Crippen molar-refractivity contribution in [1.29, 1.82) is 0 Å². The standard InChI is InChI=1S/C25H24N2O3/c1-3-18-9-11-19(12-10-18)16-27-23-7-5-4-6-21(23)22(24(27)25(28)29)15-26-14-20-13-8-17(2)30-20/h3-13,26H,1,14-16H2,2H3,(H,28,29). The molecule has 4 aromatic rings. The van der Waals surface area contributed by atoms with Gasteiger partial charge < -0.3 is 19.4 Å². The molecule has 5 heteroatoms. The van der Waals surface area contributed by atoms with Crippen LogP contribution in [-0.4, -0.2) is 15.6 Å². The molecule has 0 bridgehead atoms. The van der Waals surface area contributed by atoms with E-state index in [1.165, 1.54) is 0 Å². The predicted molar refractivity (Wildman–Crippen MR) is 119 cm³/mol. The zero-order valence-corrected chi connectivity index (χ0v) is 16.9. The number of para-hydroxylation sites is 1. The smallest absolute Gasteiger partial charge is 0.352 e. The highest BCUT2D eigenvalue weighted by molar-refractivity contribution is 5.98. The molecule has 2 N–H and O–H groups in total. The molecule has 4 rings (SSSR count). The second-order valence-electron chi connectivity index (χ2n) is 7.30. The van der Waals surface area contributed by atoms with Gasteiger partial charge in [0.15, 0.2) is 0 Å². The number of rotatable bonds is 8. The van der Waals surface area contributed by atoms with Gasteiger partial charge >= 0.3 is 5.97 Å². The van der Waals surface area contributed by atoms with Gasteiger partial charge in [-0.15, -0.1) is 0 Å². The number of benzene rings is 2. The summed E-state index contributed by atoms with van der Waals surface area (Å²) < 4.78 is 7.48. The Morgan fingerprint density at radius 2 is 1.87 bits per heavy atom. The van der Waals surface area contributed by atoms with Gasteiger partial charge in [-0.05, 0) is 36.2 Å². The van der Waals surface area contributed by atoms with Crippen molar-refractivity contribution in [2.45, 2.75) is 26.6 Å². The first-order valence-corrected chi connectivity index (χ1v) is 9.87. The summed E-state index contributed by atoms with van der Waals surface area (Å²) in [6, 6.07) is 19.7. The minimum Gasteiger partial charge on any atom is -0.477 e. The molecule has 2 aromatic heterocycles. The van der Waals surface area contributed by atoms with Crippen LogP contribution in [0.4, 0.5) is 0 Å². The molecule has 0 spiro atoms. The number of fused-ring (bicyclic) bond motifs is 1. The normalized spacial score (nSPS) is 11.1. The molecule has 0 atom stereocenters. The topological polar surface area (TPSA) is 67.4 Å². The summed E-state index contributed by atoms with van der Waals surface area (Å²) in [6.45, 7) is 7.14. The summed E-state index contributed by atoms with van der Waals surface area (Å²) in [4.78, 5) is 12.3. The molecular weight excluding hydrogens is 376 g/mol. The van der Waals surface area contributed by atoms with Crippen molar-refractivity contribution in [2.75, 3.05) is 0 Å². The molecule has 0 aliphatic heterocycles. The molecule has 0 saturated heterocycles. The van der Waals surface area contributed by atoms with Crippen LogP contribution in [0.1, 0.15) is 38.7 Å². The van der Waals surface area contributed by atoms with Crippen molar-refractivity contribution in [3.63, 3.8) is 0 Å². The molecule has 152 valence electrons. The molecular formula is C25H24N2O3. The molecule has 0 unspecified atom stereocenters. The van der Waals surface area contributed by atoms with Crippen molar-refractivity contribution in [2.24, 2.45) is 0 Å². The molecule has 0 saturated carbocycles. The maximum absolute atomic E-state index is 12.3. The van der Waals surface area contributed by atoms with E-state index in [2.05, 4.69) is 11.9 Å². The lowest BCUT2D eigenvalue weighted by atomic mass is 10.1. The first-order chi connectivity index (χ1) is 14.6. The highest BCUT2D eigenvalue weighted by atomic mass is 16.4. The summed E-state index contributed by atoms with van der Waals surface area (Å²) in [5, 5.41) is 14.3. The van der Waals surface area contributed by atoms with Crippen molar-refractivity contribution >= 4 is 22.9 Å². The SMILES string of the molecule is C=Cc1ccc(Cn2c(C(=O)O)c(CNCc3ccc(C)o3)c3ccccc32)cc1. The maximum Gasteiger partial charge on any atom is 0.352 e. The van der Waals surface area contributed by atoms with E-state index < -0.39 is 5.97 Å². The van der Waals surface area contributed by atoms with Crippen LogP contribution < -0.4 is 5.32 Å². The second kappa shape index (κ2) is 8.43. The molecule has 0 amide bonds. The fourth-order valence-corrected chi connectivity index (χ4v) is 3.80. The van der Waals surface area contributed by atoms with Crippen LogP contribution in [0, 0.1) is 6.92 Å². The van der Waals surface area contributed by atoms with E-state index in [0.717, 1.165) is 39.1 Å². The van der Waals surface area contributed by atoms with Crippen molar-refractivity contribution < 1.29 is 14.3 Å². The van der Waals surface area contributed by atoms with Gasteiger partial charge in [-0.3, -0.25) is 0 Å². The van der Waals surface area contributed by atoms with Crippen LogP contribution in [-0.2, 0) is 19.6 Å². The van der Waals surface area contributed by atoms with Gasteiger partial charge in [0.2, 0.25) is 0 Å². The van der Waals surface area contributed by atoms with Crippen molar-refractivity contribution in [3.8, 4) is 0 Å². The van der Waals surface area contributed by atoms with Crippen molar-refractivity contribution in [3.05, 3.63) is 101 Å². The monoisotopic (exact) mass is 400 g/mol. The third-order valence-electron chi connectivity index (χ3n) is 5.23. The number of aryl methyl sites for hydroxylation is 1. The van der Waals surface area contributed by atoms with E-state index in [4.69, 9.17) is 4.42 Å². The van der Waals surface area contributed by atoms with Crippen molar-refractivity contribution in [1.82, 2.24) is 9.88 Å². The number of carbonyl (C=O) groups is 1. The summed E-state index contributed by atoms with van der Waals surface area (Å²) >= 11 is 0. The molecule has 0 aliphatic rings. The van der Waals surface area contributed by atoms with Gasteiger partial charge in [0.05, 0.1) is 6.54 Å². The number of furan rings is 1. The number of nitrogens with one attached hydrogen (secondary N) is 1. The number of hydrogen-bond donors (Lipinski definition) is 2. The number of carboxylic acids is 1. The summed E-state index contributed by atoms with van der Waals surface area (Å²) in [6.07, 6.45) is 1.79. The Hall–Kier alpha value is -3.57. The Labute approximate surface area is 175 Å². The molecule has 0 aliphatic carbocycles. The first-order valence-electron chi connectivity index (χ1n) is 9.87. The van der Waals surface area contributed by atoms with Crippen LogP contribution >= 0.6 is 0 Å². The van der Waals surface area contributed by atoms with Gasteiger partial charge in [0.1, 0.15) is 17.2 Å². The number of aromatic carboxylic acids is 1. The highest BCUT2D eigenvalue weighted by Gasteiger charge is 2.22. The van der Waals surface area contributed by atoms with E-state index in [0.29, 0.717) is 25.3 Å². The Morgan fingerprint density at radius 1 is 1.10 bits per heavy atom. The van der Waals surface area contributed by atoms with Crippen LogP contribution in [0.2, 0.25) is 0 Å². The number of nitrogens with zero attached hydrogens (tertiary/aromatic N) is 1. The minimum absolute atomic E-state index is 0.312. The average Bonchev–Trinajstić information content (AvgIpc) is 3.30. The summed E-state index contributed by atoms with van der Waals surface area (Å²) in [7, 11) is 0. The van der Waals surface area contributed by atoms with E-state index in [1.807, 2.05) is 72.2 Å². The predicted octanol–water partition coefficient (Wildman–Crippen LogP) is 5.22. The Bertz CT molecular complexity index is 1200. The number of aromatic nitrogens is 1. The Kier molecular flexibility index (Phi) is 5.55. The Morgan fingerprint density at radius 3 is 2.53 bits per heavy atom. The second-order valence-corrected chi connectivity index (χ2v) is 7.30. The lowest BCUT2D eigenvalue weighted by Gasteiger charge is -2.10. The first kappa shape index (κ1) is 19.7. The fraction of sp³-hybridized carbons (Fsp3) is 0.160. The quantitative estimate of drug-likeness (QED) is 0.425. The zero-order chi connectivity index (χ0) is 21.1. The highest BCUT2D eigenvalue weighted by Crippen LogP contribution is 2.28. The lowest BCUT2D eigenvalue weighted by Crippen LogP contribution is -2.17. The molecule has 2 heterocycles. The van der Waals surface area contributed by atoms with E-state index in [9.17, 15) is 9.90 Å². The molecule has 0 radical (unpaired) electrons. The largest absolute Gasteiger partial charge is 0.477 e. The third kappa shape index (κ3) is 3.93. The third-order valence-corrected chi connectivity index (χ3v) is 5.23. The number of carboxylic acid groups (broad SMARTS) is 1. The minimum atomic E-state index is -0.931. The van der Waals surface area contributed by atoms with Gasteiger partial charge in [-0.2, -0.15) is 0 Å². The Balaban J connectivity index is 1.69. The van der Waals surface area contributed by atoms with E-state index in [-0.39, 0.29) is 0 Å². The van der Waals surface area contributed by atoms with Crippen LogP contribution in [0.3, 0.4) is 0 Å². The summed E-state index contributed by atoms with van der Waals surface area (Å²) in [5.74, 6) is 0.757. The molecule has 5 nitrogen and oxygen atoms in total. The van der Waals surface area contributed by atoms with E-state index in [1.54, 1.807) is 6.08 Å². The zero-order valence-electron chi connectivity index (χ0n) is 16.9. The maximum atomic E-state index is 12.3. The molecule has 30 heavy (non-hydrogen) atoms. The van der Waals surface area contributed by atoms with Crippen LogP contribution in [0.5, 0.6) is 0 Å². The van der Waals surface area contributed by atoms with Crippen LogP contribution in [0.25, 0.3) is 17.0 Å². The average molecular weight is 400 g/mol. The molecule has 0 fully saturated rings. The fourth-order valence-electron chi connectivity index (χ4n) is 3.80. The van der Waals surface area contributed by atoms with Gasteiger partial charge in [0, 0.05) is 29.6 Å². The van der Waals surface area contributed by atoms with Gasteiger partial charge in [-0.1, -0.05) is 55.1 Å². The summed E-state index contributed by atoms with van der Waals surface area (Å²) in [5.41, 5.74) is 4.08. The molecule has 2 aromatic carbocycles. The van der Waals surface area contributed by atoms with Gasteiger partial charge in [-0.25, -0.2) is 4.79 Å². The lowest BCUT2D eigenvalue weighted by molar-refractivity contribution is 0.0685.